The minimum absolute atomic E-state index is 0.110. The summed E-state index contributed by atoms with van der Waals surface area (Å²) in [5.41, 5.74) is 7.30. The van der Waals surface area contributed by atoms with E-state index in [4.69, 9.17) is 5.73 Å². The van der Waals surface area contributed by atoms with Crippen LogP contribution in [0.2, 0.25) is 0 Å². The average molecular weight is 222 g/mol. The molecular weight excluding hydrogens is 203 g/mol. The van der Waals surface area contributed by atoms with Crippen LogP contribution in [0.15, 0.2) is 18.2 Å². The highest BCUT2D eigenvalue weighted by molar-refractivity contribution is 5.50. The van der Waals surface area contributed by atoms with Crippen molar-refractivity contribution >= 4 is 5.69 Å². The van der Waals surface area contributed by atoms with Crippen molar-refractivity contribution in [1.29, 1.82) is 0 Å². The second-order valence-electron chi connectivity index (χ2n) is 4.84. The Bertz CT molecular complexity index is 376. The van der Waals surface area contributed by atoms with Crippen LogP contribution >= 0.6 is 0 Å². The number of nitrogens with two attached hydrogens (primary N) is 1. The molecule has 2 unspecified atom stereocenters. The van der Waals surface area contributed by atoms with E-state index < -0.39 is 0 Å². The third-order valence-corrected chi connectivity index (χ3v) is 3.26. The number of hydrogen-bond donors (Lipinski definition) is 1. The van der Waals surface area contributed by atoms with Gasteiger partial charge in [0.1, 0.15) is 5.82 Å². The summed E-state index contributed by atoms with van der Waals surface area (Å²) in [7, 11) is 0. The van der Waals surface area contributed by atoms with Crippen LogP contribution in [0.4, 0.5) is 10.1 Å². The molecule has 3 heteroatoms. The van der Waals surface area contributed by atoms with Crippen molar-refractivity contribution in [2.45, 2.75) is 26.3 Å². The second kappa shape index (κ2) is 4.42. The summed E-state index contributed by atoms with van der Waals surface area (Å²) in [6.45, 7) is 5.98. The van der Waals surface area contributed by atoms with Gasteiger partial charge >= 0.3 is 0 Å². The van der Waals surface area contributed by atoms with Crippen LogP contribution in [0.5, 0.6) is 0 Å². The molecule has 1 aromatic carbocycles. The van der Waals surface area contributed by atoms with Gasteiger partial charge in [0, 0.05) is 19.1 Å². The van der Waals surface area contributed by atoms with Gasteiger partial charge in [0.05, 0.1) is 5.69 Å². The van der Waals surface area contributed by atoms with Crippen LogP contribution in [0.25, 0.3) is 0 Å². The number of benzene rings is 1. The van der Waals surface area contributed by atoms with E-state index in [1.165, 1.54) is 0 Å². The summed E-state index contributed by atoms with van der Waals surface area (Å²) in [6, 6.07) is 5.22. The molecule has 1 aliphatic rings. The Kier molecular flexibility index (Phi) is 3.15. The van der Waals surface area contributed by atoms with Crippen LogP contribution in [-0.4, -0.2) is 13.1 Å². The first-order chi connectivity index (χ1) is 7.58. The highest BCUT2D eigenvalue weighted by atomic mass is 19.1. The van der Waals surface area contributed by atoms with E-state index >= 15 is 0 Å². The fraction of sp³-hybridized carbons (Fsp3) is 0.538. The fourth-order valence-corrected chi connectivity index (χ4v) is 2.22. The normalized spacial score (nSPS) is 22.5. The zero-order valence-corrected chi connectivity index (χ0v) is 9.91. The van der Waals surface area contributed by atoms with E-state index in [9.17, 15) is 4.39 Å². The van der Waals surface area contributed by atoms with Gasteiger partial charge in [-0.15, -0.1) is 0 Å². The third kappa shape index (κ3) is 2.19. The molecule has 2 rings (SSSR count). The van der Waals surface area contributed by atoms with E-state index in [1.807, 2.05) is 19.1 Å². The number of nitrogens with zero attached hydrogens (tertiary/aromatic N) is 1. The molecule has 0 amide bonds. The van der Waals surface area contributed by atoms with E-state index in [2.05, 4.69) is 11.8 Å². The zero-order valence-electron chi connectivity index (χ0n) is 9.91. The van der Waals surface area contributed by atoms with Crippen molar-refractivity contribution < 1.29 is 4.39 Å². The molecular formula is C13H19FN2. The smallest absolute Gasteiger partial charge is 0.146 e. The Morgan fingerprint density at radius 1 is 1.50 bits per heavy atom. The molecule has 0 radical (unpaired) electrons. The number of halogens is 1. The quantitative estimate of drug-likeness (QED) is 0.833. The van der Waals surface area contributed by atoms with Gasteiger partial charge in [-0.2, -0.15) is 0 Å². The van der Waals surface area contributed by atoms with Crippen LogP contribution in [-0.2, 0) is 0 Å². The molecule has 1 aliphatic heterocycles. The van der Waals surface area contributed by atoms with Crippen molar-refractivity contribution in [2.24, 2.45) is 11.7 Å². The average Bonchev–Trinajstić information content (AvgIpc) is 2.64. The maximum atomic E-state index is 13.9. The van der Waals surface area contributed by atoms with E-state index in [-0.39, 0.29) is 11.9 Å². The molecule has 0 spiro atoms. The SMILES string of the molecule is CC1CCN(c2ccc(C(C)N)cc2F)C1. The van der Waals surface area contributed by atoms with Gasteiger partial charge in [-0.1, -0.05) is 13.0 Å². The summed E-state index contributed by atoms with van der Waals surface area (Å²) < 4.78 is 13.9. The van der Waals surface area contributed by atoms with Crippen molar-refractivity contribution in [2.75, 3.05) is 18.0 Å². The molecule has 0 aliphatic carbocycles. The fourth-order valence-electron chi connectivity index (χ4n) is 2.22. The lowest BCUT2D eigenvalue weighted by Gasteiger charge is -2.19. The molecule has 1 fully saturated rings. The zero-order chi connectivity index (χ0) is 11.7. The first-order valence-electron chi connectivity index (χ1n) is 5.88. The molecule has 88 valence electrons. The Hall–Kier alpha value is -1.09. The Labute approximate surface area is 96.2 Å². The minimum atomic E-state index is -0.149. The lowest BCUT2D eigenvalue weighted by molar-refractivity contribution is 0.615. The lowest BCUT2D eigenvalue weighted by atomic mass is 10.1. The monoisotopic (exact) mass is 222 g/mol. The van der Waals surface area contributed by atoms with E-state index in [1.54, 1.807) is 6.07 Å². The van der Waals surface area contributed by atoms with Gasteiger partial charge in [-0.05, 0) is 37.0 Å². The molecule has 2 N–H and O–H groups in total. The molecule has 0 bridgehead atoms. The summed E-state index contributed by atoms with van der Waals surface area (Å²) in [5.74, 6) is 0.511. The van der Waals surface area contributed by atoms with Gasteiger partial charge in [-0.25, -0.2) is 4.39 Å². The summed E-state index contributed by atoms with van der Waals surface area (Å²) in [6.07, 6.45) is 1.15. The summed E-state index contributed by atoms with van der Waals surface area (Å²) in [5, 5.41) is 0. The summed E-state index contributed by atoms with van der Waals surface area (Å²) >= 11 is 0. The van der Waals surface area contributed by atoms with Gasteiger partial charge in [0.15, 0.2) is 0 Å². The van der Waals surface area contributed by atoms with Gasteiger partial charge < -0.3 is 10.6 Å². The molecule has 2 atom stereocenters. The first kappa shape index (κ1) is 11.4. The number of anilines is 1. The molecule has 16 heavy (non-hydrogen) atoms. The van der Waals surface area contributed by atoms with Crippen molar-refractivity contribution in [3.8, 4) is 0 Å². The second-order valence-corrected chi connectivity index (χ2v) is 4.84. The van der Waals surface area contributed by atoms with Crippen LogP contribution < -0.4 is 10.6 Å². The van der Waals surface area contributed by atoms with Crippen molar-refractivity contribution in [3.05, 3.63) is 29.6 Å². The largest absolute Gasteiger partial charge is 0.369 e. The highest BCUT2D eigenvalue weighted by Crippen LogP contribution is 2.27. The first-order valence-corrected chi connectivity index (χ1v) is 5.88. The van der Waals surface area contributed by atoms with E-state index in [0.717, 1.165) is 25.1 Å². The maximum absolute atomic E-state index is 13.9. The molecule has 1 heterocycles. The Morgan fingerprint density at radius 3 is 2.75 bits per heavy atom. The van der Waals surface area contributed by atoms with Crippen LogP contribution in [0.1, 0.15) is 31.9 Å². The number of rotatable bonds is 2. The van der Waals surface area contributed by atoms with Crippen LogP contribution in [0.3, 0.4) is 0 Å². The summed E-state index contributed by atoms with van der Waals surface area (Å²) in [4.78, 5) is 2.12. The van der Waals surface area contributed by atoms with E-state index in [0.29, 0.717) is 11.6 Å². The molecule has 0 saturated carbocycles. The molecule has 0 aromatic heterocycles. The highest BCUT2D eigenvalue weighted by Gasteiger charge is 2.21. The van der Waals surface area contributed by atoms with Crippen molar-refractivity contribution in [1.82, 2.24) is 0 Å². The standard InChI is InChI=1S/C13H19FN2/c1-9-5-6-16(8-9)13-4-3-11(10(2)15)7-12(13)14/h3-4,7,9-10H,5-6,8,15H2,1-2H3. The molecule has 1 aromatic rings. The predicted molar refractivity (Wildman–Crippen MR) is 65.0 cm³/mol. The Morgan fingerprint density at radius 2 is 2.25 bits per heavy atom. The van der Waals surface area contributed by atoms with Gasteiger partial charge in [0.2, 0.25) is 0 Å². The molecule has 1 saturated heterocycles. The Balaban J connectivity index is 2.22. The third-order valence-electron chi connectivity index (χ3n) is 3.26. The predicted octanol–water partition coefficient (Wildman–Crippen LogP) is 2.69. The van der Waals surface area contributed by atoms with Crippen LogP contribution in [0, 0.1) is 11.7 Å². The van der Waals surface area contributed by atoms with Gasteiger partial charge in [-0.3, -0.25) is 0 Å². The van der Waals surface area contributed by atoms with Gasteiger partial charge in [0.25, 0.3) is 0 Å². The van der Waals surface area contributed by atoms with Crippen molar-refractivity contribution in [3.63, 3.8) is 0 Å². The topological polar surface area (TPSA) is 29.3 Å². The minimum Gasteiger partial charge on any atom is -0.369 e. The number of hydrogen-bond acceptors (Lipinski definition) is 2. The maximum Gasteiger partial charge on any atom is 0.146 e. The lowest BCUT2D eigenvalue weighted by Crippen LogP contribution is -2.20. The molecule has 2 nitrogen and oxygen atoms in total.